The van der Waals surface area contributed by atoms with Gasteiger partial charge in [-0.2, -0.15) is 0 Å². The molecule has 0 aromatic heterocycles. The summed E-state index contributed by atoms with van der Waals surface area (Å²) in [5.41, 5.74) is 0.925. The number of methoxy groups -OCH3 is 4. The van der Waals surface area contributed by atoms with Gasteiger partial charge in [-0.05, 0) is 69.2 Å². The summed E-state index contributed by atoms with van der Waals surface area (Å²) >= 11 is 0. The number of esters is 1. The van der Waals surface area contributed by atoms with Gasteiger partial charge in [0.15, 0.2) is 11.5 Å². The fraction of sp³-hybridized carbons (Fsp3) is 0.355. The highest BCUT2D eigenvalue weighted by Crippen LogP contribution is 2.50. The molecule has 1 amide bonds. The molecule has 2 N–H and O–H groups in total. The van der Waals surface area contributed by atoms with Gasteiger partial charge in [0.2, 0.25) is 5.75 Å². The Hall–Kier alpha value is -5.04. The Kier molecular flexibility index (Phi) is 10.6. The summed E-state index contributed by atoms with van der Waals surface area (Å²) in [7, 11) is 5.72. The highest BCUT2D eigenvalue weighted by molar-refractivity contribution is 5.92. The summed E-state index contributed by atoms with van der Waals surface area (Å²) in [6.07, 6.45) is -1.72. The molecular weight excluding hydrogens is 576 g/mol. The zero-order valence-electron chi connectivity index (χ0n) is 25.8. The normalized spacial score (nSPS) is 11.7. The number of benzene rings is 3. The summed E-state index contributed by atoms with van der Waals surface area (Å²) < 4.78 is 33.6. The second-order valence-electron chi connectivity index (χ2n) is 10.5. The molecule has 0 radical (unpaired) electrons. The van der Waals surface area contributed by atoms with Gasteiger partial charge in [0.05, 0.1) is 51.2 Å². The molecular formula is C31H36N2O11. The van der Waals surface area contributed by atoms with Crippen LogP contribution in [0.2, 0.25) is 0 Å². The number of anilines is 1. The van der Waals surface area contributed by atoms with Crippen LogP contribution in [0.25, 0.3) is 11.1 Å². The average molecular weight is 613 g/mol. The summed E-state index contributed by atoms with van der Waals surface area (Å²) in [5, 5.41) is 24.1. The molecule has 3 aromatic carbocycles. The van der Waals surface area contributed by atoms with Gasteiger partial charge in [-0.15, -0.1) is 0 Å². The lowest BCUT2D eigenvalue weighted by Crippen LogP contribution is -2.27. The first-order valence-electron chi connectivity index (χ1n) is 13.4. The Labute approximate surface area is 254 Å². The van der Waals surface area contributed by atoms with E-state index in [0.717, 1.165) is 0 Å². The van der Waals surface area contributed by atoms with Crippen LogP contribution in [0.3, 0.4) is 0 Å². The number of aliphatic hydroxyl groups is 1. The van der Waals surface area contributed by atoms with E-state index in [9.17, 15) is 24.8 Å². The lowest BCUT2D eigenvalue weighted by atomic mass is 9.91. The SMILES string of the molecule is COc1cc(-c2c(CO)cc(OC)c(OC)c2OC)c([C@H](C)OC(=O)c2ccc([N+](=O)[O-])cc2)cc1NC(=O)OC(C)(C)C. The average Bonchev–Trinajstić information content (AvgIpc) is 2.98. The van der Waals surface area contributed by atoms with E-state index >= 15 is 0 Å². The number of aliphatic hydroxyl groups excluding tert-OH is 1. The molecule has 0 saturated heterocycles. The lowest BCUT2D eigenvalue weighted by Gasteiger charge is -2.25. The highest BCUT2D eigenvalue weighted by atomic mass is 16.6. The second kappa shape index (κ2) is 14.0. The van der Waals surface area contributed by atoms with Crippen molar-refractivity contribution in [2.75, 3.05) is 33.8 Å². The quantitative estimate of drug-likeness (QED) is 0.147. The number of hydrogen-bond donors (Lipinski definition) is 2. The molecule has 0 bridgehead atoms. The summed E-state index contributed by atoms with van der Waals surface area (Å²) in [6, 6.07) is 9.73. The van der Waals surface area contributed by atoms with Crippen LogP contribution in [0, 0.1) is 10.1 Å². The fourth-order valence-electron chi connectivity index (χ4n) is 4.47. The van der Waals surface area contributed by atoms with Gasteiger partial charge < -0.3 is 33.5 Å². The van der Waals surface area contributed by atoms with Crippen molar-refractivity contribution in [2.24, 2.45) is 0 Å². The minimum atomic E-state index is -0.970. The van der Waals surface area contributed by atoms with Crippen LogP contribution in [0.1, 0.15) is 55.3 Å². The molecule has 13 heteroatoms. The minimum Gasteiger partial charge on any atom is -0.495 e. The predicted octanol–water partition coefficient (Wildman–Crippen LogP) is 6.05. The fourth-order valence-corrected chi connectivity index (χ4v) is 4.47. The number of carbonyl (C=O) groups excluding carboxylic acids is 2. The molecule has 0 unspecified atom stereocenters. The molecule has 0 saturated carbocycles. The van der Waals surface area contributed by atoms with Crippen LogP contribution in [-0.2, 0) is 16.1 Å². The van der Waals surface area contributed by atoms with Gasteiger partial charge in [0, 0.05) is 23.3 Å². The summed E-state index contributed by atoms with van der Waals surface area (Å²) in [5.74, 6) is 0.257. The third-order valence-electron chi connectivity index (χ3n) is 6.39. The van der Waals surface area contributed by atoms with E-state index in [4.69, 9.17) is 28.4 Å². The molecule has 0 aliphatic heterocycles. The topological polar surface area (TPSA) is 165 Å². The minimum absolute atomic E-state index is 0.0874. The van der Waals surface area contributed by atoms with E-state index in [2.05, 4.69) is 5.32 Å². The van der Waals surface area contributed by atoms with Crippen molar-refractivity contribution in [1.82, 2.24) is 0 Å². The highest BCUT2D eigenvalue weighted by Gasteiger charge is 2.28. The number of carbonyl (C=O) groups is 2. The first kappa shape index (κ1) is 33.5. The first-order chi connectivity index (χ1) is 20.8. The lowest BCUT2D eigenvalue weighted by molar-refractivity contribution is -0.384. The van der Waals surface area contributed by atoms with Crippen LogP contribution in [0.4, 0.5) is 16.2 Å². The third-order valence-corrected chi connectivity index (χ3v) is 6.39. The van der Waals surface area contributed by atoms with Crippen LogP contribution < -0.4 is 24.3 Å². The zero-order chi connectivity index (χ0) is 32.8. The van der Waals surface area contributed by atoms with E-state index in [-0.39, 0.29) is 34.2 Å². The molecule has 0 fully saturated rings. The molecule has 236 valence electrons. The number of nitrogens with zero attached hydrogens (tertiary/aromatic N) is 1. The Bertz CT molecular complexity index is 1530. The van der Waals surface area contributed by atoms with E-state index < -0.39 is 35.3 Å². The van der Waals surface area contributed by atoms with Gasteiger partial charge >= 0.3 is 12.1 Å². The van der Waals surface area contributed by atoms with Crippen molar-refractivity contribution in [1.29, 1.82) is 0 Å². The largest absolute Gasteiger partial charge is 0.495 e. The Morgan fingerprint density at radius 3 is 2.05 bits per heavy atom. The maximum Gasteiger partial charge on any atom is 0.412 e. The number of rotatable bonds is 11. The van der Waals surface area contributed by atoms with Crippen LogP contribution in [-0.4, -0.2) is 56.1 Å². The van der Waals surface area contributed by atoms with Crippen molar-refractivity contribution >= 4 is 23.4 Å². The van der Waals surface area contributed by atoms with E-state index in [1.165, 1.54) is 52.7 Å². The Balaban J connectivity index is 2.24. The summed E-state index contributed by atoms with van der Waals surface area (Å²) in [4.78, 5) is 36.3. The van der Waals surface area contributed by atoms with Gasteiger partial charge in [0.1, 0.15) is 17.5 Å². The third kappa shape index (κ3) is 7.48. The Morgan fingerprint density at radius 1 is 0.932 bits per heavy atom. The molecule has 0 spiro atoms. The molecule has 3 rings (SSSR count). The second-order valence-corrected chi connectivity index (χ2v) is 10.5. The van der Waals surface area contributed by atoms with Gasteiger partial charge in [-0.3, -0.25) is 15.4 Å². The maximum atomic E-state index is 13.1. The van der Waals surface area contributed by atoms with Crippen molar-refractivity contribution in [2.45, 2.75) is 46.0 Å². The van der Waals surface area contributed by atoms with Crippen molar-refractivity contribution < 1.29 is 48.0 Å². The van der Waals surface area contributed by atoms with Crippen LogP contribution in [0.5, 0.6) is 23.0 Å². The number of non-ortho nitro benzene ring substituents is 1. The number of nitro groups is 1. The molecule has 13 nitrogen and oxygen atoms in total. The monoisotopic (exact) mass is 612 g/mol. The first-order valence-corrected chi connectivity index (χ1v) is 13.4. The molecule has 0 aliphatic rings. The number of nitro benzene ring substituents is 1. The van der Waals surface area contributed by atoms with Gasteiger partial charge in [-0.1, -0.05) is 0 Å². The van der Waals surface area contributed by atoms with Gasteiger partial charge in [0.25, 0.3) is 5.69 Å². The van der Waals surface area contributed by atoms with Crippen molar-refractivity contribution in [3.05, 3.63) is 69.3 Å². The van der Waals surface area contributed by atoms with Crippen molar-refractivity contribution in [3.63, 3.8) is 0 Å². The molecule has 44 heavy (non-hydrogen) atoms. The summed E-state index contributed by atoms with van der Waals surface area (Å²) in [6.45, 7) is 6.34. The van der Waals surface area contributed by atoms with Crippen LogP contribution >= 0.6 is 0 Å². The maximum absolute atomic E-state index is 13.1. The number of nitrogens with one attached hydrogen (secondary N) is 1. The molecule has 0 aliphatic carbocycles. The van der Waals surface area contributed by atoms with E-state index in [0.29, 0.717) is 28.0 Å². The zero-order valence-corrected chi connectivity index (χ0v) is 25.8. The van der Waals surface area contributed by atoms with Crippen LogP contribution in [0.15, 0.2) is 42.5 Å². The van der Waals surface area contributed by atoms with Gasteiger partial charge in [-0.25, -0.2) is 9.59 Å². The smallest absolute Gasteiger partial charge is 0.412 e. The standard InChI is InChI=1S/C31H36N2O11/c1-17(43-29(35)18-9-11-20(12-10-18)33(37)38)21-14-23(32-30(36)44-31(2,3)4)24(39-5)15-22(21)26-19(16-34)13-25(40-6)27(41-7)28(26)42-8/h9-15,17,34H,16H2,1-8H3,(H,32,36)/t17-/m0/s1. The molecule has 3 aromatic rings. The Morgan fingerprint density at radius 2 is 1.55 bits per heavy atom. The predicted molar refractivity (Wildman–Crippen MR) is 161 cm³/mol. The number of ether oxygens (including phenoxy) is 6. The number of hydrogen-bond acceptors (Lipinski definition) is 11. The van der Waals surface area contributed by atoms with E-state index in [1.807, 2.05) is 0 Å². The van der Waals surface area contributed by atoms with Crippen molar-refractivity contribution in [3.8, 4) is 34.1 Å². The number of amides is 1. The molecule has 1 atom stereocenters. The van der Waals surface area contributed by atoms with E-state index in [1.54, 1.807) is 45.9 Å². The molecule has 0 heterocycles.